The molecule has 0 spiro atoms. The molecule has 0 saturated carbocycles. The first kappa shape index (κ1) is 22.9. The molecule has 0 aromatic heterocycles. The molecule has 3 unspecified atom stereocenters. The van der Waals surface area contributed by atoms with Crippen molar-refractivity contribution in [1.29, 1.82) is 0 Å². The second-order valence-corrected chi connectivity index (χ2v) is 9.23. The number of rotatable bonds is 7. The third kappa shape index (κ3) is 4.95. The van der Waals surface area contributed by atoms with E-state index in [2.05, 4.69) is 0 Å². The average molecular weight is 446 g/mol. The van der Waals surface area contributed by atoms with Crippen LogP contribution in [0, 0.1) is 5.92 Å². The molecule has 9 heteroatoms. The second kappa shape index (κ2) is 9.17. The number of nitrogens with zero attached hydrogens (tertiary/aromatic N) is 2. The smallest absolute Gasteiger partial charge is 0.238 e. The lowest BCUT2D eigenvalue weighted by atomic mass is 10.00. The van der Waals surface area contributed by atoms with Crippen molar-refractivity contribution in [1.82, 2.24) is 4.90 Å². The van der Waals surface area contributed by atoms with Crippen LogP contribution in [0.3, 0.4) is 0 Å². The van der Waals surface area contributed by atoms with E-state index in [1.807, 2.05) is 25.1 Å². The number of anilines is 1. The molecule has 0 aliphatic carbocycles. The topological polar surface area (TPSA) is 121 Å². The zero-order valence-electron chi connectivity index (χ0n) is 17.5. The lowest BCUT2D eigenvalue weighted by molar-refractivity contribution is -0.140. The summed E-state index contributed by atoms with van der Waals surface area (Å²) in [5, 5.41) is 15.9. The van der Waals surface area contributed by atoms with E-state index in [0.717, 1.165) is 0 Å². The van der Waals surface area contributed by atoms with E-state index < -0.39 is 28.1 Å². The number of hydrogen-bond acceptors (Lipinski definition) is 5. The summed E-state index contributed by atoms with van der Waals surface area (Å²) in [6.45, 7) is 4.13. The van der Waals surface area contributed by atoms with Gasteiger partial charge < -0.3 is 14.9 Å². The van der Waals surface area contributed by atoms with Gasteiger partial charge in [-0.25, -0.2) is 13.6 Å². The van der Waals surface area contributed by atoms with Gasteiger partial charge >= 0.3 is 0 Å². The predicted molar refractivity (Wildman–Crippen MR) is 117 cm³/mol. The number of primary sulfonamides is 1. The Hall–Kier alpha value is -2.75. The largest absolute Gasteiger partial charge is 0.386 e. The third-order valence-corrected chi connectivity index (χ3v) is 6.56. The molecule has 1 aliphatic heterocycles. The van der Waals surface area contributed by atoms with E-state index in [9.17, 15) is 23.1 Å². The van der Waals surface area contributed by atoms with Crippen LogP contribution in [0.15, 0.2) is 59.5 Å². The SMILES string of the molecule is CCN(C(=O)C1CC(=O)N(c2cccc(S(N)(=O)=O)c2)C1)C(C)C(O)c1ccccc1. The first-order valence-corrected chi connectivity index (χ1v) is 11.6. The van der Waals surface area contributed by atoms with Crippen LogP contribution in [-0.2, 0) is 19.6 Å². The lowest BCUT2D eigenvalue weighted by Crippen LogP contribution is -2.45. The lowest BCUT2D eigenvalue weighted by Gasteiger charge is -2.33. The van der Waals surface area contributed by atoms with E-state index in [0.29, 0.717) is 17.8 Å². The fraction of sp³-hybridized carbons (Fsp3) is 0.364. The van der Waals surface area contributed by atoms with Crippen LogP contribution in [0.4, 0.5) is 5.69 Å². The molecule has 0 radical (unpaired) electrons. The quantitative estimate of drug-likeness (QED) is 0.671. The maximum absolute atomic E-state index is 13.2. The zero-order valence-corrected chi connectivity index (χ0v) is 18.3. The molecule has 3 rings (SSSR count). The molecule has 1 aliphatic rings. The van der Waals surface area contributed by atoms with Gasteiger partial charge in [0.05, 0.1) is 23.0 Å². The third-order valence-electron chi connectivity index (χ3n) is 5.65. The monoisotopic (exact) mass is 445 g/mol. The first-order chi connectivity index (χ1) is 14.6. The van der Waals surface area contributed by atoms with Gasteiger partial charge in [-0.3, -0.25) is 9.59 Å². The number of hydrogen-bond donors (Lipinski definition) is 2. The molecule has 8 nitrogen and oxygen atoms in total. The Morgan fingerprint density at radius 1 is 1.23 bits per heavy atom. The number of aliphatic hydroxyl groups excluding tert-OH is 1. The highest BCUT2D eigenvalue weighted by Crippen LogP contribution is 2.29. The number of aliphatic hydroxyl groups is 1. The highest BCUT2D eigenvalue weighted by molar-refractivity contribution is 7.89. The number of nitrogens with two attached hydrogens (primary N) is 1. The molecule has 1 saturated heterocycles. The van der Waals surface area contributed by atoms with E-state index in [1.54, 1.807) is 30.0 Å². The van der Waals surface area contributed by atoms with Gasteiger partial charge in [0.25, 0.3) is 0 Å². The summed E-state index contributed by atoms with van der Waals surface area (Å²) in [5.41, 5.74) is 1.09. The fourth-order valence-corrected chi connectivity index (χ4v) is 4.48. The molecular weight excluding hydrogens is 418 g/mol. The Bertz CT molecular complexity index is 1060. The Morgan fingerprint density at radius 3 is 2.52 bits per heavy atom. The van der Waals surface area contributed by atoms with E-state index in [-0.39, 0.29) is 29.7 Å². The van der Waals surface area contributed by atoms with Crippen LogP contribution in [-0.4, -0.2) is 49.4 Å². The number of amides is 2. The standard InChI is InChI=1S/C22H27N3O5S/c1-3-24(15(2)21(27)16-8-5-4-6-9-16)22(28)17-12-20(26)25(14-17)18-10-7-11-19(13-18)31(23,29)30/h4-11,13,15,17,21,27H,3,12,14H2,1-2H3,(H2,23,29,30). The first-order valence-electron chi connectivity index (χ1n) is 10.1. The highest BCUT2D eigenvalue weighted by atomic mass is 32.2. The second-order valence-electron chi connectivity index (χ2n) is 7.67. The Kier molecular flexibility index (Phi) is 6.78. The van der Waals surface area contributed by atoms with Gasteiger partial charge in [0.2, 0.25) is 21.8 Å². The zero-order chi connectivity index (χ0) is 22.8. The van der Waals surface area contributed by atoms with Gasteiger partial charge in [-0.2, -0.15) is 0 Å². The van der Waals surface area contributed by atoms with Crippen molar-refractivity contribution in [2.45, 2.75) is 37.3 Å². The van der Waals surface area contributed by atoms with Crippen molar-refractivity contribution in [3.05, 3.63) is 60.2 Å². The summed E-state index contributed by atoms with van der Waals surface area (Å²) in [7, 11) is -3.91. The summed E-state index contributed by atoms with van der Waals surface area (Å²) in [5.74, 6) is -1.07. The molecule has 1 heterocycles. The van der Waals surface area contributed by atoms with Crippen LogP contribution < -0.4 is 10.0 Å². The molecule has 2 amide bonds. The molecule has 3 N–H and O–H groups in total. The van der Waals surface area contributed by atoms with Crippen molar-refractivity contribution >= 4 is 27.5 Å². The van der Waals surface area contributed by atoms with Gasteiger partial charge in [0.1, 0.15) is 0 Å². The summed E-state index contributed by atoms with van der Waals surface area (Å²) >= 11 is 0. The van der Waals surface area contributed by atoms with Crippen LogP contribution in [0.1, 0.15) is 31.9 Å². The summed E-state index contributed by atoms with van der Waals surface area (Å²) < 4.78 is 23.3. The number of carbonyl (C=O) groups excluding carboxylic acids is 2. The summed E-state index contributed by atoms with van der Waals surface area (Å²) in [6, 6.07) is 14.4. The predicted octanol–water partition coefficient (Wildman–Crippen LogP) is 1.66. The molecule has 3 atom stereocenters. The van der Waals surface area contributed by atoms with Gasteiger partial charge in [0.15, 0.2) is 0 Å². The van der Waals surface area contributed by atoms with Crippen molar-refractivity contribution in [2.24, 2.45) is 11.1 Å². The van der Waals surface area contributed by atoms with E-state index in [1.165, 1.54) is 23.1 Å². The van der Waals surface area contributed by atoms with Gasteiger partial charge in [-0.05, 0) is 37.6 Å². The van der Waals surface area contributed by atoms with Crippen LogP contribution in [0.2, 0.25) is 0 Å². The van der Waals surface area contributed by atoms with E-state index >= 15 is 0 Å². The Balaban J connectivity index is 1.77. The highest BCUT2D eigenvalue weighted by Gasteiger charge is 2.39. The minimum absolute atomic E-state index is 0.0170. The number of benzene rings is 2. The van der Waals surface area contributed by atoms with Gasteiger partial charge in [-0.1, -0.05) is 36.4 Å². The van der Waals surface area contributed by atoms with E-state index in [4.69, 9.17) is 5.14 Å². The molecule has 2 aromatic carbocycles. The van der Waals surface area contributed by atoms with Crippen LogP contribution in [0.5, 0.6) is 0 Å². The Morgan fingerprint density at radius 2 is 1.90 bits per heavy atom. The average Bonchev–Trinajstić information content (AvgIpc) is 3.15. The molecule has 166 valence electrons. The minimum Gasteiger partial charge on any atom is -0.386 e. The molecular formula is C22H27N3O5S. The van der Waals surface area contributed by atoms with Crippen molar-refractivity contribution in [3.8, 4) is 0 Å². The molecule has 2 aromatic rings. The van der Waals surface area contributed by atoms with Crippen molar-refractivity contribution < 1.29 is 23.1 Å². The van der Waals surface area contributed by atoms with Crippen molar-refractivity contribution in [2.75, 3.05) is 18.0 Å². The number of sulfonamides is 1. The van der Waals surface area contributed by atoms with Gasteiger partial charge in [0, 0.05) is 25.2 Å². The Labute approximate surface area is 182 Å². The molecule has 1 fully saturated rings. The normalized spacial score (nSPS) is 18.6. The fourth-order valence-electron chi connectivity index (χ4n) is 3.93. The maximum atomic E-state index is 13.2. The summed E-state index contributed by atoms with van der Waals surface area (Å²) in [6.07, 6.45) is -0.840. The number of likely N-dealkylation sites (N-methyl/N-ethyl adjacent to an activating group) is 1. The van der Waals surface area contributed by atoms with Crippen molar-refractivity contribution in [3.63, 3.8) is 0 Å². The number of carbonyl (C=O) groups is 2. The van der Waals surface area contributed by atoms with Crippen LogP contribution >= 0.6 is 0 Å². The van der Waals surface area contributed by atoms with Gasteiger partial charge in [-0.15, -0.1) is 0 Å². The maximum Gasteiger partial charge on any atom is 0.238 e. The molecule has 31 heavy (non-hydrogen) atoms. The molecule has 0 bridgehead atoms. The minimum atomic E-state index is -3.91. The van der Waals surface area contributed by atoms with Crippen LogP contribution in [0.25, 0.3) is 0 Å². The summed E-state index contributed by atoms with van der Waals surface area (Å²) in [4.78, 5) is 28.7.